The molecule has 7 heteroatoms. The van der Waals surface area contributed by atoms with Crippen LogP contribution in [0.25, 0.3) is 0 Å². The molecule has 0 aliphatic carbocycles. The van der Waals surface area contributed by atoms with Crippen LogP contribution in [0, 0.1) is 0 Å². The molecule has 0 bridgehead atoms. The minimum atomic E-state index is -0.0338. The average Bonchev–Trinajstić information content (AvgIpc) is 2.46. The molecular weight excluding hydrogens is 379 g/mol. The lowest BCUT2D eigenvalue weighted by molar-refractivity contribution is 0.303. The Morgan fingerprint density at radius 1 is 1.24 bits per heavy atom. The van der Waals surface area contributed by atoms with Gasteiger partial charge >= 0.3 is 0 Å². The van der Waals surface area contributed by atoms with Gasteiger partial charge in [-0.2, -0.15) is 0 Å². The van der Waals surface area contributed by atoms with Crippen molar-refractivity contribution in [1.82, 2.24) is 0 Å². The molecule has 0 aliphatic rings. The molecule has 0 fully saturated rings. The van der Waals surface area contributed by atoms with Crippen LogP contribution in [0.3, 0.4) is 0 Å². The molecule has 2 aromatic carbocycles. The van der Waals surface area contributed by atoms with Gasteiger partial charge in [-0.05, 0) is 30.3 Å². The number of rotatable bonds is 4. The van der Waals surface area contributed by atoms with Crippen LogP contribution in [0.15, 0.2) is 46.0 Å². The lowest BCUT2D eigenvalue weighted by atomic mass is 10.2. The molecule has 0 aliphatic heterocycles. The van der Waals surface area contributed by atoms with Crippen molar-refractivity contribution in [1.29, 1.82) is 0 Å². The number of benzene rings is 2. The van der Waals surface area contributed by atoms with E-state index in [-0.39, 0.29) is 12.4 Å². The predicted octanol–water partition coefficient (Wildman–Crippen LogP) is 4.43. The van der Waals surface area contributed by atoms with Gasteiger partial charge in [0, 0.05) is 20.1 Å². The SMILES string of the molecule is N/C(=N/O)c1cc(Br)ccc1OCc1ccc(Cl)cc1Cl. The van der Waals surface area contributed by atoms with Crippen molar-refractivity contribution in [3.05, 3.63) is 62.0 Å². The molecule has 0 heterocycles. The smallest absolute Gasteiger partial charge is 0.173 e. The Balaban J connectivity index is 2.24. The maximum atomic E-state index is 8.82. The average molecular weight is 390 g/mol. The molecule has 0 amide bonds. The van der Waals surface area contributed by atoms with Gasteiger partial charge in [-0.15, -0.1) is 0 Å². The van der Waals surface area contributed by atoms with E-state index in [1.807, 2.05) is 0 Å². The number of nitrogens with zero attached hydrogens (tertiary/aromatic N) is 1. The van der Waals surface area contributed by atoms with E-state index in [9.17, 15) is 0 Å². The zero-order valence-corrected chi connectivity index (χ0v) is 13.8. The zero-order valence-electron chi connectivity index (χ0n) is 10.7. The maximum Gasteiger partial charge on any atom is 0.173 e. The van der Waals surface area contributed by atoms with Crippen molar-refractivity contribution in [3.63, 3.8) is 0 Å². The van der Waals surface area contributed by atoms with Crippen LogP contribution in [0.5, 0.6) is 5.75 Å². The molecular formula is C14H11BrCl2N2O2. The highest BCUT2D eigenvalue weighted by Gasteiger charge is 2.10. The van der Waals surface area contributed by atoms with Crippen molar-refractivity contribution in [2.24, 2.45) is 10.9 Å². The molecule has 4 nitrogen and oxygen atoms in total. The highest BCUT2D eigenvalue weighted by atomic mass is 79.9. The standard InChI is InChI=1S/C14H11BrCl2N2O2/c15-9-2-4-13(11(5-9)14(18)19-20)21-7-8-1-3-10(16)6-12(8)17/h1-6,20H,7H2,(H2,18,19). The van der Waals surface area contributed by atoms with E-state index in [0.717, 1.165) is 10.0 Å². The van der Waals surface area contributed by atoms with Crippen molar-refractivity contribution in [2.75, 3.05) is 0 Å². The third kappa shape index (κ3) is 4.03. The van der Waals surface area contributed by atoms with Crippen molar-refractivity contribution >= 4 is 45.0 Å². The summed E-state index contributed by atoms with van der Waals surface area (Å²) < 4.78 is 6.49. The number of halogens is 3. The minimum absolute atomic E-state index is 0.0338. The van der Waals surface area contributed by atoms with Gasteiger partial charge in [0.05, 0.1) is 5.56 Å². The summed E-state index contributed by atoms with van der Waals surface area (Å²) in [7, 11) is 0. The van der Waals surface area contributed by atoms with Crippen molar-refractivity contribution in [3.8, 4) is 5.75 Å². The van der Waals surface area contributed by atoms with Gasteiger partial charge in [-0.1, -0.05) is 50.4 Å². The monoisotopic (exact) mass is 388 g/mol. The summed E-state index contributed by atoms with van der Waals surface area (Å²) in [5.41, 5.74) is 6.91. The van der Waals surface area contributed by atoms with Crippen LogP contribution in [0.1, 0.15) is 11.1 Å². The minimum Gasteiger partial charge on any atom is -0.488 e. The number of hydrogen-bond acceptors (Lipinski definition) is 3. The fourth-order valence-corrected chi connectivity index (χ4v) is 2.50. The normalized spacial score (nSPS) is 11.5. The van der Waals surface area contributed by atoms with Gasteiger partial charge in [-0.3, -0.25) is 0 Å². The van der Waals surface area contributed by atoms with E-state index in [4.69, 9.17) is 38.9 Å². The van der Waals surface area contributed by atoms with Gasteiger partial charge in [0.15, 0.2) is 5.84 Å². The molecule has 0 spiro atoms. The van der Waals surface area contributed by atoms with Gasteiger partial charge in [0.25, 0.3) is 0 Å². The van der Waals surface area contributed by atoms with E-state index in [1.165, 1.54) is 0 Å². The first-order chi connectivity index (χ1) is 10.0. The van der Waals surface area contributed by atoms with Crippen LogP contribution in [0.4, 0.5) is 0 Å². The number of hydrogen-bond donors (Lipinski definition) is 2. The summed E-state index contributed by atoms with van der Waals surface area (Å²) in [4.78, 5) is 0. The number of oxime groups is 1. The van der Waals surface area contributed by atoms with Crippen LogP contribution in [-0.4, -0.2) is 11.0 Å². The van der Waals surface area contributed by atoms with Crippen LogP contribution < -0.4 is 10.5 Å². The Morgan fingerprint density at radius 3 is 2.67 bits per heavy atom. The largest absolute Gasteiger partial charge is 0.488 e. The highest BCUT2D eigenvalue weighted by molar-refractivity contribution is 9.10. The first kappa shape index (κ1) is 15.9. The summed E-state index contributed by atoms with van der Waals surface area (Å²) in [5, 5.41) is 12.9. The van der Waals surface area contributed by atoms with Gasteiger partial charge in [0.2, 0.25) is 0 Å². The van der Waals surface area contributed by atoms with E-state index in [2.05, 4.69) is 21.1 Å². The third-order valence-corrected chi connectivity index (χ3v) is 3.80. The highest BCUT2D eigenvalue weighted by Crippen LogP contribution is 2.26. The molecule has 110 valence electrons. The van der Waals surface area contributed by atoms with Crippen molar-refractivity contribution in [2.45, 2.75) is 6.61 Å². The number of ether oxygens (including phenoxy) is 1. The van der Waals surface area contributed by atoms with E-state index >= 15 is 0 Å². The molecule has 3 N–H and O–H groups in total. The van der Waals surface area contributed by atoms with Crippen molar-refractivity contribution < 1.29 is 9.94 Å². The Labute approximate surface area is 140 Å². The second-order valence-electron chi connectivity index (χ2n) is 4.15. The van der Waals surface area contributed by atoms with Crippen LogP contribution in [-0.2, 0) is 6.61 Å². The second-order valence-corrected chi connectivity index (χ2v) is 5.91. The van der Waals surface area contributed by atoms with Crippen LogP contribution in [0.2, 0.25) is 10.0 Å². The molecule has 0 saturated heterocycles. The molecule has 0 aromatic heterocycles. The summed E-state index contributed by atoms with van der Waals surface area (Å²) >= 11 is 15.3. The fraction of sp³-hybridized carbons (Fsp3) is 0.0714. The molecule has 0 unspecified atom stereocenters. The number of nitrogens with two attached hydrogens (primary N) is 1. The summed E-state index contributed by atoms with van der Waals surface area (Å²) in [5.74, 6) is 0.452. The Kier molecular flexibility index (Phi) is 5.33. The van der Waals surface area contributed by atoms with Gasteiger partial charge in [0.1, 0.15) is 12.4 Å². The molecule has 2 aromatic rings. The van der Waals surface area contributed by atoms with Gasteiger partial charge in [-0.25, -0.2) is 0 Å². The maximum absolute atomic E-state index is 8.82. The Morgan fingerprint density at radius 2 is 2.00 bits per heavy atom. The first-order valence-corrected chi connectivity index (χ1v) is 7.40. The second kappa shape index (κ2) is 7.02. The third-order valence-electron chi connectivity index (χ3n) is 2.72. The van der Waals surface area contributed by atoms with E-state index in [0.29, 0.717) is 21.4 Å². The van der Waals surface area contributed by atoms with Gasteiger partial charge < -0.3 is 15.7 Å². The summed E-state index contributed by atoms with van der Waals surface area (Å²) in [6.07, 6.45) is 0. The lowest BCUT2D eigenvalue weighted by Gasteiger charge is -2.12. The molecule has 2 rings (SSSR count). The lowest BCUT2D eigenvalue weighted by Crippen LogP contribution is -2.15. The fourth-order valence-electron chi connectivity index (χ4n) is 1.68. The molecule has 0 atom stereocenters. The number of amidine groups is 1. The van der Waals surface area contributed by atoms with E-state index in [1.54, 1.807) is 36.4 Å². The Bertz CT molecular complexity index is 693. The zero-order chi connectivity index (χ0) is 15.4. The Hall–Kier alpha value is -1.43. The van der Waals surface area contributed by atoms with E-state index < -0.39 is 0 Å². The predicted molar refractivity (Wildman–Crippen MR) is 87.4 cm³/mol. The first-order valence-electron chi connectivity index (χ1n) is 5.85. The molecule has 0 saturated carbocycles. The summed E-state index contributed by atoms with van der Waals surface area (Å²) in [6, 6.07) is 10.4. The van der Waals surface area contributed by atoms with Crippen LogP contribution >= 0.6 is 39.1 Å². The topological polar surface area (TPSA) is 67.8 Å². The quantitative estimate of drug-likeness (QED) is 0.351. The summed E-state index contributed by atoms with van der Waals surface area (Å²) in [6.45, 7) is 0.239. The molecule has 21 heavy (non-hydrogen) atoms. The molecule has 0 radical (unpaired) electrons.